The number of benzene rings is 1. The predicted octanol–water partition coefficient (Wildman–Crippen LogP) is 2.09. The number of nitrogens with zero attached hydrogens (tertiary/aromatic N) is 4. The number of hydrogen-bond donors (Lipinski definition) is 2. The Morgan fingerprint density at radius 3 is 2.85 bits per heavy atom. The van der Waals surface area contributed by atoms with Crippen LogP contribution in [0.2, 0.25) is 5.02 Å². The van der Waals surface area contributed by atoms with E-state index in [4.69, 9.17) is 25.8 Å². The van der Waals surface area contributed by atoms with Crippen LogP contribution in [0.1, 0.15) is 11.3 Å². The summed E-state index contributed by atoms with van der Waals surface area (Å²) in [6, 6.07) is 10.1. The topological polar surface area (TPSA) is 107 Å². The van der Waals surface area contributed by atoms with E-state index in [0.29, 0.717) is 34.5 Å². The van der Waals surface area contributed by atoms with Gasteiger partial charge in [0.25, 0.3) is 6.01 Å². The standard InChI is InChI=1S/C23H20BClN5O4/c25-14-5-15-22(29-23(27-15)34-18-10-33-20-17(31)9-32-21(18)20)28-19(14)11-1-3-13(4-2-11)30-16-7-24-6-12(16)8-26-30/h1-5,8,17-18,20-21,31H,6-7,9-10H2,(H,27,28,29)/t17-,18-,20-,21-/m1/s1. The SMILES string of the molecule is O[C@@H]1CO[C@H]2[C@@H]1OC[C@H]2Oc1nc2nc(-c3ccc(-n4ncc5c4C[B]C5)cc3)c(Cl)cc2[nH]1. The summed E-state index contributed by atoms with van der Waals surface area (Å²) < 4.78 is 19.2. The Balaban J connectivity index is 1.15. The van der Waals surface area contributed by atoms with E-state index in [2.05, 4.69) is 27.3 Å². The second kappa shape index (κ2) is 7.81. The number of hydrogen-bond acceptors (Lipinski definition) is 7. The lowest BCUT2D eigenvalue weighted by Crippen LogP contribution is -2.34. The molecule has 11 heteroatoms. The highest BCUT2D eigenvalue weighted by atomic mass is 35.5. The van der Waals surface area contributed by atoms with E-state index in [-0.39, 0.29) is 24.9 Å². The second-order valence-corrected chi connectivity index (χ2v) is 9.23. The number of ether oxygens (including phenoxy) is 3. The molecule has 3 aromatic heterocycles. The Hall–Kier alpha value is -2.92. The number of rotatable bonds is 4. The fourth-order valence-corrected chi connectivity index (χ4v) is 5.25. The lowest BCUT2D eigenvalue weighted by molar-refractivity contribution is 0.00706. The number of aliphatic hydroxyl groups is 1. The second-order valence-electron chi connectivity index (χ2n) is 8.82. The Morgan fingerprint density at radius 2 is 1.97 bits per heavy atom. The molecule has 3 aliphatic heterocycles. The van der Waals surface area contributed by atoms with Gasteiger partial charge in [-0.2, -0.15) is 10.1 Å². The smallest absolute Gasteiger partial charge is 0.296 e. The van der Waals surface area contributed by atoms with Crippen molar-refractivity contribution in [1.82, 2.24) is 24.7 Å². The molecule has 2 saturated heterocycles. The minimum atomic E-state index is -0.628. The molecule has 1 radical (unpaired) electrons. The van der Waals surface area contributed by atoms with Crippen LogP contribution in [-0.4, -0.2) is 74.7 Å². The van der Waals surface area contributed by atoms with Gasteiger partial charge in [-0.3, -0.25) is 0 Å². The minimum absolute atomic E-state index is 0.246. The Kier molecular flexibility index (Phi) is 4.70. The molecule has 0 saturated carbocycles. The molecule has 2 fully saturated rings. The summed E-state index contributed by atoms with van der Waals surface area (Å²) in [5.74, 6) is 0. The zero-order chi connectivity index (χ0) is 22.8. The Morgan fingerprint density at radius 1 is 1.12 bits per heavy atom. The summed E-state index contributed by atoms with van der Waals surface area (Å²) >= 11 is 6.58. The van der Waals surface area contributed by atoms with Gasteiger partial charge in [0, 0.05) is 11.3 Å². The number of aliphatic hydroxyl groups excluding tert-OH is 1. The van der Waals surface area contributed by atoms with Gasteiger partial charge in [0.1, 0.15) is 25.6 Å². The molecule has 4 atom stereocenters. The largest absolute Gasteiger partial charge is 0.456 e. The van der Waals surface area contributed by atoms with Gasteiger partial charge in [0.05, 0.1) is 41.3 Å². The molecule has 34 heavy (non-hydrogen) atoms. The maximum atomic E-state index is 9.92. The number of halogens is 1. The van der Waals surface area contributed by atoms with Crippen LogP contribution in [0.3, 0.4) is 0 Å². The fourth-order valence-electron chi connectivity index (χ4n) is 4.99. The van der Waals surface area contributed by atoms with Crippen molar-refractivity contribution in [3.05, 3.63) is 52.8 Å². The molecule has 0 bridgehead atoms. The lowest BCUT2D eigenvalue weighted by atomic mass is 9.76. The number of pyridine rings is 1. The summed E-state index contributed by atoms with van der Waals surface area (Å²) in [4.78, 5) is 12.3. The summed E-state index contributed by atoms with van der Waals surface area (Å²) in [5, 5.41) is 15.0. The van der Waals surface area contributed by atoms with Gasteiger partial charge in [0.2, 0.25) is 0 Å². The maximum absolute atomic E-state index is 9.92. The van der Waals surface area contributed by atoms with Crippen molar-refractivity contribution < 1.29 is 19.3 Å². The van der Waals surface area contributed by atoms with Crippen LogP contribution in [0.25, 0.3) is 28.1 Å². The van der Waals surface area contributed by atoms with Crippen LogP contribution >= 0.6 is 11.6 Å². The molecule has 0 unspecified atom stereocenters. The normalized spacial score (nSPS) is 25.5. The predicted molar refractivity (Wildman–Crippen MR) is 125 cm³/mol. The van der Waals surface area contributed by atoms with E-state index in [1.54, 1.807) is 6.07 Å². The van der Waals surface area contributed by atoms with Gasteiger partial charge in [-0.1, -0.05) is 30.1 Å². The highest BCUT2D eigenvalue weighted by Gasteiger charge is 2.48. The third-order valence-electron chi connectivity index (χ3n) is 6.69. The van der Waals surface area contributed by atoms with Gasteiger partial charge in [-0.05, 0) is 30.1 Å². The number of fused-ring (bicyclic) bond motifs is 3. The van der Waals surface area contributed by atoms with Crippen molar-refractivity contribution in [2.24, 2.45) is 0 Å². The summed E-state index contributed by atoms with van der Waals surface area (Å²) in [7, 11) is 2.26. The fraction of sp³-hybridized carbons (Fsp3) is 0.348. The van der Waals surface area contributed by atoms with Crippen molar-refractivity contribution in [2.75, 3.05) is 13.2 Å². The number of H-pyrrole nitrogens is 1. The third kappa shape index (κ3) is 3.24. The highest BCUT2D eigenvalue weighted by Crippen LogP contribution is 2.32. The van der Waals surface area contributed by atoms with Crippen LogP contribution < -0.4 is 4.74 Å². The first-order valence-electron chi connectivity index (χ1n) is 11.3. The highest BCUT2D eigenvalue weighted by molar-refractivity contribution is 6.36. The third-order valence-corrected chi connectivity index (χ3v) is 6.98. The number of imidazole rings is 1. The summed E-state index contributed by atoms with van der Waals surface area (Å²) in [6.45, 7) is 0.572. The van der Waals surface area contributed by atoms with Crippen LogP contribution in [0.4, 0.5) is 0 Å². The van der Waals surface area contributed by atoms with Crippen molar-refractivity contribution >= 4 is 30.0 Å². The molecule has 3 aliphatic rings. The van der Waals surface area contributed by atoms with Crippen LogP contribution in [0.5, 0.6) is 6.01 Å². The molecular formula is C23H20BClN5O4. The number of nitrogens with one attached hydrogen (secondary N) is 1. The van der Waals surface area contributed by atoms with E-state index < -0.39 is 6.10 Å². The number of aromatic amines is 1. The van der Waals surface area contributed by atoms with Crippen molar-refractivity contribution in [3.8, 4) is 23.0 Å². The molecular weight excluding hydrogens is 457 g/mol. The molecule has 2 N–H and O–H groups in total. The van der Waals surface area contributed by atoms with Crippen LogP contribution in [0.15, 0.2) is 36.5 Å². The monoisotopic (exact) mass is 476 g/mol. The summed E-state index contributed by atoms with van der Waals surface area (Å²) in [5.41, 5.74) is 6.23. The average molecular weight is 477 g/mol. The zero-order valence-corrected chi connectivity index (χ0v) is 18.8. The van der Waals surface area contributed by atoms with E-state index in [0.717, 1.165) is 23.9 Å². The molecule has 0 amide bonds. The quantitative estimate of drug-likeness (QED) is 0.434. The molecule has 7 rings (SSSR count). The first-order valence-corrected chi connectivity index (χ1v) is 11.6. The van der Waals surface area contributed by atoms with Gasteiger partial charge in [0.15, 0.2) is 11.8 Å². The van der Waals surface area contributed by atoms with E-state index >= 15 is 0 Å². The molecule has 0 spiro atoms. The van der Waals surface area contributed by atoms with Gasteiger partial charge in [-0.15, -0.1) is 0 Å². The van der Waals surface area contributed by atoms with Gasteiger partial charge in [-0.25, -0.2) is 9.67 Å². The zero-order valence-electron chi connectivity index (χ0n) is 18.0. The Labute approximate surface area is 200 Å². The minimum Gasteiger partial charge on any atom is -0.456 e. The Bertz CT molecular complexity index is 1390. The molecule has 0 aliphatic carbocycles. The molecule has 6 heterocycles. The lowest BCUT2D eigenvalue weighted by Gasteiger charge is -2.15. The molecule has 171 valence electrons. The van der Waals surface area contributed by atoms with E-state index in [1.165, 1.54) is 11.3 Å². The number of aromatic nitrogens is 5. The van der Waals surface area contributed by atoms with E-state index in [1.807, 2.05) is 35.1 Å². The van der Waals surface area contributed by atoms with Crippen molar-refractivity contribution in [2.45, 2.75) is 37.1 Å². The van der Waals surface area contributed by atoms with Gasteiger partial charge < -0.3 is 24.3 Å². The first-order chi connectivity index (χ1) is 16.6. The summed E-state index contributed by atoms with van der Waals surface area (Å²) in [6.07, 6.45) is 2.19. The van der Waals surface area contributed by atoms with Crippen LogP contribution in [0, 0.1) is 0 Å². The van der Waals surface area contributed by atoms with Crippen LogP contribution in [-0.2, 0) is 22.1 Å². The molecule has 9 nitrogen and oxygen atoms in total. The van der Waals surface area contributed by atoms with Crippen molar-refractivity contribution in [1.29, 1.82) is 0 Å². The maximum Gasteiger partial charge on any atom is 0.296 e. The molecule has 4 aromatic rings. The first kappa shape index (κ1) is 20.5. The average Bonchev–Trinajstić information content (AvgIpc) is 3.63. The van der Waals surface area contributed by atoms with Gasteiger partial charge >= 0.3 is 0 Å². The van der Waals surface area contributed by atoms with Crippen molar-refractivity contribution in [3.63, 3.8) is 0 Å². The molecule has 1 aromatic carbocycles. The van der Waals surface area contributed by atoms with E-state index in [9.17, 15) is 5.11 Å².